The molecule has 0 radical (unpaired) electrons. The van der Waals surface area contributed by atoms with Crippen LogP contribution in [0.1, 0.15) is 51.9 Å². The van der Waals surface area contributed by atoms with Gasteiger partial charge in [-0.15, -0.1) is 0 Å². The second-order valence-electron chi connectivity index (χ2n) is 6.17. The molecule has 0 saturated heterocycles. The molecule has 16 heavy (non-hydrogen) atoms. The van der Waals surface area contributed by atoms with Gasteiger partial charge in [-0.25, -0.2) is 0 Å². The second kappa shape index (κ2) is 4.01. The Hall–Kier alpha value is -0.590. The fraction of sp³-hybridized carbons (Fsp3) is 0.800. The van der Waals surface area contributed by atoms with Gasteiger partial charge in [-0.1, -0.05) is 24.8 Å². The maximum absolute atomic E-state index is 7.97. The first-order valence-electron chi connectivity index (χ1n) is 7.01. The van der Waals surface area contributed by atoms with Crippen LogP contribution in [-0.2, 0) is 0 Å². The van der Waals surface area contributed by atoms with Crippen LogP contribution in [0, 0.1) is 29.1 Å². The molecule has 2 fully saturated rings. The van der Waals surface area contributed by atoms with E-state index >= 15 is 0 Å². The molecule has 3 aliphatic rings. The molecular formula is C15H23N. The van der Waals surface area contributed by atoms with E-state index in [2.05, 4.69) is 13.0 Å². The fourth-order valence-corrected chi connectivity index (χ4v) is 4.62. The standard InChI is InChI=1S/C15H23N/c1-10-8-12(16)9-15-13(10)7-6-11-4-2-3-5-14(11)15/h8,11,13-16H,2-7,9H2,1H3. The average molecular weight is 217 g/mol. The molecule has 2 saturated carbocycles. The molecule has 1 N–H and O–H groups in total. The zero-order valence-corrected chi connectivity index (χ0v) is 10.3. The SMILES string of the molecule is CC1=CC(=N)CC2C1CCC1CCCCC12. The molecule has 3 rings (SSSR count). The smallest absolute Gasteiger partial charge is 0.0316 e. The van der Waals surface area contributed by atoms with Gasteiger partial charge in [0.2, 0.25) is 0 Å². The summed E-state index contributed by atoms with van der Waals surface area (Å²) in [6.45, 7) is 2.26. The van der Waals surface area contributed by atoms with Crippen molar-refractivity contribution in [1.29, 1.82) is 5.41 Å². The van der Waals surface area contributed by atoms with Crippen LogP contribution in [0.15, 0.2) is 11.6 Å². The molecule has 0 aliphatic heterocycles. The summed E-state index contributed by atoms with van der Waals surface area (Å²) in [7, 11) is 0. The van der Waals surface area contributed by atoms with E-state index in [9.17, 15) is 0 Å². The normalized spacial score (nSPS) is 43.3. The first-order valence-corrected chi connectivity index (χ1v) is 7.01. The van der Waals surface area contributed by atoms with Crippen LogP contribution in [0.25, 0.3) is 0 Å². The lowest BCUT2D eigenvalue weighted by Gasteiger charge is -2.47. The van der Waals surface area contributed by atoms with Gasteiger partial charge in [0.05, 0.1) is 0 Å². The van der Waals surface area contributed by atoms with Crippen molar-refractivity contribution < 1.29 is 0 Å². The molecule has 4 unspecified atom stereocenters. The summed E-state index contributed by atoms with van der Waals surface area (Å²) in [4.78, 5) is 0. The van der Waals surface area contributed by atoms with Crippen LogP contribution >= 0.6 is 0 Å². The van der Waals surface area contributed by atoms with Gasteiger partial charge in [-0.3, -0.25) is 0 Å². The minimum atomic E-state index is 0.827. The lowest BCUT2D eigenvalue weighted by molar-refractivity contribution is 0.0713. The lowest BCUT2D eigenvalue weighted by Crippen LogP contribution is -2.39. The fourth-order valence-electron chi connectivity index (χ4n) is 4.62. The van der Waals surface area contributed by atoms with E-state index in [1.165, 1.54) is 44.1 Å². The lowest BCUT2D eigenvalue weighted by atomic mass is 9.57. The summed E-state index contributed by atoms with van der Waals surface area (Å²) in [6.07, 6.45) is 11.9. The maximum atomic E-state index is 7.97. The van der Waals surface area contributed by atoms with E-state index in [1.807, 2.05) is 0 Å². The molecule has 1 heteroatoms. The summed E-state index contributed by atoms with van der Waals surface area (Å²) < 4.78 is 0. The highest BCUT2D eigenvalue weighted by atomic mass is 14.5. The predicted molar refractivity (Wildman–Crippen MR) is 67.8 cm³/mol. The number of rotatable bonds is 0. The van der Waals surface area contributed by atoms with Gasteiger partial charge in [-0.05, 0) is 62.4 Å². The Morgan fingerprint density at radius 2 is 1.88 bits per heavy atom. The third-order valence-electron chi connectivity index (χ3n) is 5.33. The van der Waals surface area contributed by atoms with Crippen LogP contribution in [0.3, 0.4) is 0 Å². The minimum Gasteiger partial charge on any atom is -0.305 e. The number of fused-ring (bicyclic) bond motifs is 3. The van der Waals surface area contributed by atoms with E-state index in [-0.39, 0.29) is 0 Å². The summed E-state index contributed by atoms with van der Waals surface area (Å²) in [5, 5.41) is 7.97. The zero-order valence-electron chi connectivity index (χ0n) is 10.3. The molecule has 0 bridgehead atoms. The first kappa shape index (κ1) is 10.6. The molecular weight excluding hydrogens is 194 g/mol. The van der Waals surface area contributed by atoms with Crippen molar-refractivity contribution >= 4 is 5.71 Å². The molecule has 4 atom stereocenters. The highest BCUT2D eigenvalue weighted by molar-refractivity contribution is 5.94. The predicted octanol–water partition coefficient (Wildman–Crippen LogP) is 4.19. The Balaban J connectivity index is 1.86. The topological polar surface area (TPSA) is 23.9 Å². The van der Waals surface area contributed by atoms with Gasteiger partial charge in [0, 0.05) is 5.71 Å². The minimum absolute atomic E-state index is 0.827. The quantitative estimate of drug-likeness (QED) is 0.629. The first-order chi connectivity index (χ1) is 7.75. The molecule has 0 aromatic heterocycles. The van der Waals surface area contributed by atoms with Crippen molar-refractivity contribution in [3.63, 3.8) is 0 Å². The van der Waals surface area contributed by atoms with Gasteiger partial charge in [-0.2, -0.15) is 0 Å². The summed E-state index contributed by atoms with van der Waals surface area (Å²) in [5.74, 6) is 3.62. The largest absolute Gasteiger partial charge is 0.305 e. The van der Waals surface area contributed by atoms with Gasteiger partial charge < -0.3 is 5.41 Å². The number of hydrogen-bond acceptors (Lipinski definition) is 1. The highest BCUT2D eigenvalue weighted by Crippen LogP contribution is 2.50. The Morgan fingerprint density at radius 3 is 2.75 bits per heavy atom. The van der Waals surface area contributed by atoms with Gasteiger partial charge in [0.1, 0.15) is 0 Å². The van der Waals surface area contributed by atoms with Crippen LogP contribution < -0.4 is 0 Å². The number of hydrogen-bond donors (Lipinski definition) is 1. The molecule has 0 spiro atoms. The van der Waals surface area contributed by atoms with E-state index in [4.69, 9.17) is 5.41 Å². The van der Waals surface area contributed by atoms with E-state index in [0.717, 1.165) is 35.8 Å². The molecule has 0 aromatic rings. The summed E-state index contributed by atoms with van der Waals surface area (Å²) >= 11 is 0. The van der Waals surface area contributed by atoms with Crippen molar-refractivity contribution in [2.45, 2.75) is 51.9 Å². The van der Waals surface area contributed by atoms with Crippen LogP contribution in [0.5, 0.6) is 0 Å². The van der Waals surface area contributed by atoms with E-state index in [0.29, 0.717) is 0 Å². The van der Waals surface area contributed by atoms with E-state index < -0.39 is 0 Å². The van der Waals surface area contributed by atoms with Crippen LogP contribution in [-0.4, -0.2) is 5.71 Å². The van der Waals surface area contributed by atoms with Gasteiger partial charge >= 0.3 is 0 Å². The Morgan fingerprint density at radius 1 is 1.06 bits per heavy atom. The number of allylic oxidation sites excluding steroid dienone is 2. The summed E-state index contributed by atoms with van der Waals surface area (Å²) in [6, 6.07) is 0. The molecule has 0 heterocycles. The monoisotopic (exact) mass is 217 g/mol. The van der Waals surface area contributed by atoms with Gasteiger partial charge in [0.25, 0.3) is 0 Å². The average Bonchev–Trinajstić information content (AvgIpc) is 2.28. The van der Waals surface area contributed by atoms with Crippen molar-refractivity contribution in [3.8, 4) is 0 Å². The van der Waals surface area contributed by atoms with Crippen molar-refractivity contribution in [3.05, 3.63) is 11.6 Å². The van der Waals surface area contributed by atoms with Crippen molar-refractivity contribution in [2.24, 2.45) is 23.7 Å². The van der Waals surface area contributed by atoms with E-state index in [1.54, 1.807) is 0 Å². The highest BCUT2D eigenvalue weighted by Gasteiger charge is 2.42. The maximum Gasteiger partial charge on any atom is 0.0316 e. The molecule has 0 amide bonds. The Kier molecular flexibility index (Phi) is 2.65. The molecule has 1 nitrogen and oxygen atoms in total. The molecule has 88 valence electrons. The summed E-state index contributed by atoms with van der Waals surface area (Å²) in [5.41, 5.74) is 2.40. The van der Waals surface area contributed by atoms with Crippen LogP contribution in [0.4, 0.5) is 0 Å². The zero-order chi connectivity index (χ0) is 11.1. The Labute approximate surface area is 98.8 Å². The van der Waals surface area contributed by atoms with Crippen molar-refractivity contribution in [1.82, 2.24) is 0 Å². The van der Waals surface area contributed by atoms with Crippen LogP contribution in [0.2, 0.25) is 0 Å². The number of nitrogens with one attached hydrogen (secondary N) is 1. The Bertz CT molecular complexity index is 328. The third-order valence-corrected chi connectivity index (χ3v) is 5.33. The third kappa shape index (κ3) is 1.65. The molecule has 3 aliphatic carbocycles. The van der Waals surface area contributed by atoms with Gasteiger partial charge in [0.15, 0.2) is 0 Å². The van der Waals surface area contributed by atoms with Crippen molar-refractivity contribution in [2.75, 3.05) is 0 Å². The molecule has 0 aromatic carbocycles. The second-order valence-corrected chi connectivity index (χ2v) is 6.17.